The van der Waals surface area contributed by atoms with E-state index < -0.39 is 12.1 Å². The third-order valence-electron chi connectivity index (χ3n) is 2.98. The number of nitrogens with two attached hydrogens (primary N) is 1. The van der Waals surface area contributed by atoms with Gasteiger partial charge in [0.2, 0.25) is 0 Å². The van der Waals surface area contributed by atoms with Crippen molar-refractivity contribution in [2.45, 2.75) is 19.6 Å². The number of benzene rings is 1. The minimum absolute atomic E-state index is 0.132. The summed E-state index contributed by atoms with van der Waals surface area (Å²) in [5.74, 6) is -0.358. The Kier molecular flexibility index (Phi) is 4.82. The second kappa shape index (κ2) is 6.60. The summed E-state index contributed by atoms with van der Waals surface area (Å²) in [7, 11) is 0. The van der Waals surface area contributed by atoms with Crippen molar-refractivity contribution >= 4 is 23.4 Å². The number of rotatable bonds is 5. The number of carbonyl (C=O) groups is 1. The van der Waals surface area contributed by atoms with Crippen molar-refractivity contribution in [2.75, 3.05) is 12.3 Å². The van der Waals surface area contributed by atoms with Gasteiger partial charge in [-0.05, 0) is 24.6 Å². The number of nitrogen functional groups attached to an aromatic ring is 1. The Morgan fingerprint density at radius 2 is 2.14 bits per heavy atom. The number of ether oxygens (including phenoxy) is 1. The molecule has 0 aliphatic heterocycles. The van der Waals surface area contributed by atoms with Gasteiger partial charge in [0.1, 0.15) is 11.4 Å². The van der Waals surface area contributed by atoms with E-state index in [9.17, 15) is 9.90 Å². The number of aliphatic hydroxyl groups is 1. The molecule has 3 N–H and O–H groups in total. The maximum atomic E-state index is 11.6. The van der Waals surface area contributed by atoms with Crippen molar-refractivity contribution in [2.24, 2.45) is 0 Å². The average molecular weight is 310 g/mol. The fraction of sp³-hybridized carbons (Fsp3) is 0.286. The molecule has 0 amide bonds. The van der Waals surface area contributed by atoms with Crippen LogP contribution in [0.3, 0.4) is 0 Å². The van der Waals surface area contributed by atoms with Gasteiger partial charge < -0.3 is 15.6 Å². The maximum Gasteiger partial charge on any atom is 0.343 e. The van der Waals surface area contributed by atoms with Crippen LogP contribution in [0.2, 0.25) is 5.02 Å². The summed E-state index contributed by atoms with van der Waals surface area (Å²) in [6.07, 6.45) is 0.529. The molecule has 1 aromatic carbocycles. The van der Waals surface area contributed by atoms with Crippen LogP contribution in [-0.4, -0.2) is 27.5 Å². The van der Waals surface area contributed by atoms with Gasteiger partial charge in [-0.25, -0.2) is 9.48 Å². The van der Waals surface area contributed by atoms with Crippen LogP contribution in [-0.2, 0) is 11.3 Å². The van der Waals surface area contributed by atoms with Gasteiger partial charge in [-0.3, -0.25) is 0 Å². The van der Waals surface area contributed by atoms with E-state index in [4.69, 9.17) is 22.1 Å². The number of hydrogen-bond acceptors (Lipinski definition) is 5. The topological polar surface area (TPSA) is 90.4 Å². The molecule has 0 radical (unpaired) electrons. The largest absolute Gasteiger partial charge is 0.462 e. The summed E-state index contributed by atoms with van der Waals surface area (Å²) in [5.41, 5.74) is 6.73. The Morgan fingerprint density at radius 3 is 2.76 bits per heavy atom. The molecule has 6 nitrogen and oxygen atoms in total. The lowest BCUT2D eigenvalue weighted by atomic mass is 10.1. The molecule has 7 heteroatoms. The molecule has 1 aromatic heterocycles. The molecule has 0 bridgehead atoms. The summed E-state index contributed by atoms with van der Waals surface area (Å²) < 4.78 is 6.24. The number of carbonyl (C=O) groups excluding carboxylic acids is 1. The zero-order chi connectivity index (χ0) is 15.4. The predicted octanol–water partition coefficient (Wildman–Crippen LogP) is 2.03. The minimum atomic E-state index is -0.806. The molecule has 1 heterocycles. The van der Waals surface area contributed by atoms with Crippen molar-refractivity contribution in [1.82, 2.24) is 9.78 Å². The van der Waals surface area contributed by atoms with Crippen LogP contribution in [0.1, 0.15) is 28.9 Å². The lowest BCUT2D eigenvalue weighted by molar-refractivity contribution is 0.0527. The summed E-state index contributed by atoms with van der Waals surface area (Å²) >= 11 is 5.80. The molecule has 0 aliphatic carbocycles. The molecular formula is C14H16ClN3O3. The van der Waals surface area contributed by atoms with Crippen molar-refractivity contribution in [1.29, 1.82) is 0 Å². The molecule has 1 atom stereocenters. The first-order valence-electron chi connectivity index (χ1n) is 6.44. The van der Waals surface area contributed by atoms with Gasteiger partial charge in [0, 0.05) is 5.02 Å². The fourth-order valence-corrected chi connectivity index (χ4v) is 1.99. The van der Waals surface area contributed by atoms with Gasteiger partial charge in [0.15, 0.2) is 0 Å². The second-order valence-electron chi connectivity index (χ2n) is 4.41. The summed E-state index contributed by atoms with van der Waals surface area (Å²) in [5, 5.41) is 14.8. The fourth-order valence-electron chi connectivity index (χ4n) is 1.86. The van der Waals surface area contributed by atoms with E-state index in [1.54, 1.807) is 31.2 Å². The molecule has 0 aliphatic rings. The van der Waals surface area contributed by atoms with E-state index in [0.717, 1.165) is 0 Å². The highest BCUT2D eigenvalue weighted by atomic mass is 35.5. The van der Waals surface area contributed by atoms with Gasteiger partial charge >= 0.3 is 5.97 Å². The van der Waals surface area contributed by atoms with Gasteiger partial charge in [-0.15, -0.1) is 0 Å². The second-order valence-corrected chi connectivity index (χ2v) is 4.85. The summed E-state index contributed by atoms with van der Waals surface area (Å²) in [6, 6.07) is 6.82. The first-order chi connectivity index (χ1) is 10.0. The van der Waals surface area contributed by atoms with Crippen molar-refractivity contribution in [3.63, 3.8) is 0 Å². The molecule has 2 rings (SSSR count). The van der Waals surface area contributed by atoms with Crippen LogP contribution in [0.5, 0.6) is 0 Å². The lowest BCUT2D eigenvalue weighted by Gasteiger charge is -2.12. The summed E-state index contributed by atoms with van der Waals surface area (Å²) in [4.78, 5) is 11.6. The number of anilines is 1. The third kappa shape index (κ3) is 3.53. The standard InChI is InChI=1S/C14H16ClN3O3/c1-2-21-14(20)11-7-17-18(13(11)16)8-12(19)9-3-5-10(15)6-4-9/h3-7,12,19H,2,8,16H2,1H3. The predicted molar refractivity (Wildman–Crippen MR) is 79.0 cm³/mol. The highest BCUT2D eigenvalue weighted by Gasteiger charge is 2.18. The molecule has 0 fully saturated rings. The van der Waals surface area contributed by atoms with E-state index in [1.165, 1.54) is 10.9 Å². The minimum Gasteiger partial charge on any atom is -0.462 e. The van der Waals surface area contributed by atoms with Crippen molar-refractivity contribution < 1.29 is 14.6 Å². The van der Waals surface area contributed by atoms with Crippen molar-refractivity contribution in [3.8, 4) is 0 Å². The van der Waals surface area contributed by atoms with Crippen LogP contribution in [0.4, 0.5) is 5.82 Å². The SMILES string of the molecule is CCOC(=O)c1cnn(CC(O)c2ccc(Cl)cc2)c1N. The normalized spacial score (nSPS) is 12.1. The molecule has 1 unspecified atom stereocenters. The monoisotopic (exact) mass is 309 g/mol. The Hall–Kier alpha value is -2.05. The van der Waals surface area contributed by atoms with Crippen LogP contribution in [0.15, 0.2) is 30.5 Å². The highest BCUT2D eigenvalue weighted by Crippen LogP contribution is 2.20. The molecule has 2 aromatic rings. The molecule has 0 saturated carbocycles. The number of esters is 1. The molecule has 21 heavy (non-hydrogen) atoms. The Labute approximate surface area is 127 Å². The Balaban J connectivity index is 2.13. The van der Waals surface area contributed by atoms with Gasteiger partial charge in [-0.2, -0.15) is 5.10 Å². The van der Waals surface area contributed by atoms with Crippen LogP contribution < -0.4 is 5.73 Å². The van der Waals surface area contributed by atoms with Crippen LogP contribution in [0.25, 0.3) is 0 Å². The first-order valence-corrected chi connectivity index (χ1v) is 6.82. The zero-order valence-electron chi connectivity index (χ0n) is 11.5. The van der Waals surface area contributed by atoms with Crippen LogP contribution in [0, 0.1) is 0 Å². The molecule has 112 valence electrons. The molecule has 0 saturated heterocycles. The summed E-state index contributed by atoms with van der Waals surface area (Å²) in [6.45, 7) is 2.10. The molecular weight excluding hydrogens is 294 g/mol. The lowest BCUT2D eigenvalue weighted by Crippen LogP contribution is -2.14. The van der Waals surface area contributed by atoms with Gasteiger partial charge in [0.05, 0.1) is 25.5 Å². The smallest absolute Gasteiger partial charge is 0.343 e. The maximum absolute atomic E-state index is 11.6. The third-order valence-corrected chi connectivity index (χ3v) is 3.23. The number of aliphatic hydroxyl groups excluding tert-OH is 1. The van der Waals surface area contributed by atoms with E-state index in [-0.39, 0.29) is 24.5 Å². The van der Waals surface area contributed by atoms with Gasteiger partial charge in [0.25, 0.3) is 0 Å². The first kappa shape index (κ1) is 15.3. The average Bonchev–Trinajstić information content (AvgIpc) is 2.81. The Morgan fingerprint density at radius 1 is 1.48 bits per heavy atom. The van der Waals surface area contributed by atoms with Crippen LogP contribution >= 0.6 is 11.6 Å². The number of aromatic nitrogens is 2. The number of hydrogen-bond donors (Lipinski definition) is 2. The zero-order valence-corrected chi connectivity index (χ0v) is 12.2. The Bertz CT molecular complexity index is 625. The van der Waals surface area contributed by atoms with E-state index in [1.807, 2.05) is 0 Å². The van der Waals surface area contributed by atoms with Crippen molar-refractivity contribution in [3.05, 3.63) is 46.6 Å². The quantitative estimate of drug-likeness (QED) is 0.825. The molecule has 0 spiro atoms. The number of nitrogens with zero attached hydrogens (tertiary/aromatic N) is 2. The van der Waals surface area contributed by atoms with E-state index in [0.29, 0.717) is 10.6 Å². The van der Waals surface area contributed by atoms with E-state index in [2.05, 4.69) is 5.10 Å². The highest BCUT2D eigenvalue weighted by molar-refractivity contribution is 6.30. The van der Waals surface area contributed by atoms with Gasteiger partial charge in [-0.1, -0.05) is 23.7 Å². The van der Waals surface area contributed by atoms with E-state index >= 15 is 0 Å². The number of halogens is 1.